The van der Waals surface area contributed by atoms with Gasteiger partial charge < -0.3 is 9.16 Å². The van der Waals surface area contributed by atoms with Crippen LogP contribution in [0.25, 0.3) is 0 Å². The van der Waals surface area contributed by atoms with E-state index in [4.69, 9.17) is 9.16 Å². The maximum Gasteiger partial charge on any atom is 0.333 e. The molecule has 4 heteroatoms. The molecule has 0 heterocycles. The van der Waals surface area contributed by atoms with Crippen LogP contribution in [0.3, 0.4) is 0 Å². The number of hydrogen-bond acceptors (Lipinski definition) is 3. The fourth-order valence-electron chi connectivity index (χ4n) is 1.69. The first kappa shape index (κ1) is 15.4. The summed E-state index contributed by atoms with van der Waals surface area (Å²) in [5, 5.41) is 0. The summed E-state index contributed by atoms with van der Waals surface area (Å²) >= 11 is 0. The largest absolute Gasteiger partial charge is 0.462 e. The van der Waals surface area contributed by atoms with Gasteiger partial charge in [0.2, 0.25) is 0 Å². The van der Waals surface area contributed by atoms with Gasteiger partial charge in [-0.15, -0.1) is 0 Å². The number of carbonyl (C=O) groups excluding carboxylic acids is 1. The summed E-state index contributed by atoms with van der Waals surface area (Å²) in [6.45, 7) is 14.9. The predicted molar refractivity (Wildman–Crippen MR) is 68.9 cm³/mol. The average Bonchev–Trinajstić information content (AvgIpc) is 2.12. The minimum atomic E-state index is -1.58. The highest BCUT2D eigenvalue weighted by atomic mass is 28.4. The molecular formula is C12H24O3Si. The summed E-state index contributed by atoms with van der Waals surface area (Å²) < 4.78 is 10.9. The fraction of sp³-hybridized carbons (Fsp3) is 0.750. The Bertz CT molecular complexity index is 249. The van der Waals surface area contributed by atoms with Crippen LogP contribution in [-0.2, 0) is 14.0 Å². The summed E-state index contributed by atoms with van der Waals surface area (Å²) in [5.74, 6) is 0.0410. The van der Waals surface area contributed by atoms with Crippen LogP contribution < -0.4 is 0 Å². The standard InChI is InChI=1S/C12H24O3Si/c1-7-15-16(5,6)9-11(4)8-14-12(13)10(2)3/h11H,2,7-9H2,1,3-6H3. The molecule has 0 fully saturated rings. The molecule has 0 aromatic heterocycles. The minimum Gasteiger partial charge on any atom is -0.462 e. The fourth-order valence-corrected chi connectivity index (χ4v) is 4.38. The van der Waals surface area contributed by atoms with Crippen LogP contribution in [0.5, 0.6) is 0 Å². The lowest BCUT2D eigenvalue weighted by molar-refractivity contribution is -0.140. The van der Waals surface area contributed by atoms with Crippen LogP contribution in [0.2, 0.25) is 19.1 Å². The Morgan fingerprint density at radius 2 is 2.00 bits per heavy atom. The van der Waals surface area contributed by atoms with Crippen LogP contribution >= 0.6 is 0 Å². The van der Waals surface area contributed by atoms with Gasteiger partial charge in [-0.2, -0.15) is 0 Å². The second kappa shape index (κ2) is 6.86. The third-order valence-electron chi connectivity index (χ3n) is 2.22. The van der Waals surface area contributed by atoms with Crippen molar-refractivity contribution >= 4 is 14.3 Å². The molecule has 0 aromatic carbocycles. The van der Waals surface area contributed by atoms with Gasteiger partial charge in [0, 0.05) is 12.2 Å². The Balaban J connectivity index is 3.95. The van der Waals surface area contributed by atoms with Crippen molar-refractivity contribution in [3.63, 3.8) is 0 Å². The van der Waals surface area contributed by atoms with E-state index in [1.165, 1.54) is 0 Å². The van der Waals surface area contributed by atoms with Crippen LogP contribution in [-0.4, -0.2) is 27.5 Å². The predicted octanol–water partition coefficient (Wildman–Crippen LogP) is 2.98. The normalized spacial score (nSPS) is 13.3. The van der Waals surface area contributed by atoms with Gasteiger partial charge in [0.05, 0.1) is 6.61 Å². The summed E-state index contributed by atoms with van der Waals surface area (Å²) in [6, 6.07) is 1.00. The van der Waals surface area contributed by atoms with E-state index in [0.717, 1.165) is 12.7 Å². The molecular weight excluding hydrogens is 220 g/mol. The lowest BCUT2D eigenvalue weighted by atomic mass is 10.2. The van der Waals surface area contributed by atoms with E-state index in [-0.39, 0.29) is 5.97 Å². The number of rotatable bonds is 7. The van der Waals surface area contributed by atoms with E-state index in [2.05, 4.69) is 26.6 Å². The first-order valence-corrected chi connectivity index (χ1v) is 8.86. The molecule has 0 radical (unpaired) electrons. The number of hydrogen-bond donors (Lipinski definition) is 0. The third kappa shape index (κ3) is 6.79. The molecule has 1 unspecified atom stereocenters. The van der Waals surface area contributed by atoms with Gasteiger partial charge in [-0.3, -0.25) is 0 Å². The molecule has 16 heavy (non-hydrogen) atoms. The van der Waals surface area contributed by atoms with Gasteiger partial charge in [0.15, 0.2) is 8.32 Å². The molecule has 1 atom stereocenters. The molecule has 0 aliphatic carbocycles. The number of carbonyl (C=O) groups is 1. The topological polar surface area (TPSA) is 35.5 Å². The van der Waals surface area contributed by atoms with Gasteiger partial charge >= 0.3 is 5.97 Å². The average molecular weight is 244 g/mol. The quantitative estimate of drug-likeness (QED) is 0.392. The molecule has 3 nitrogen and oxygen atoms in total. The molecule has 0 aliphatic heterocycles. The van der Waals surface area contributed by atoms with Gasteiger partial charge in [-0.05, 0) is 38.9 Å². The van der Waals surface area contributed by atoms with Crippen LogP contribution in [0, 0.1) is 5.92 Å². The van der Waals surface area contributed by atoms with Gasteiger partial charge in [0.25, 0.3) is 0 Å². The van der Waals surface area contributed by atoms with E-state index in [9.17, 15) is 4.79 Å². The lowest BCUT2D eigenvalue weighted by Gasteiger charge is -2.25. The lowest BCUT2D eigenvalue weighted by Crippen LogP contribution is -2.33. The van der Waals surface area contributed by atoms with E-state index in [1.54, 1.807) is 6.92 Å². The van der Waals surface area contributed by atoms with Crippen molar-refractivity contribution in [1.82, 2.24) is 0 Å². The smallest absolute Gasteiger partial charge is 0.333 e. The molecule has 0 saturated carbocycles. The number of ether oxygens (including phenoxy) is 1. The van der Waals surface area contributed by atoms with Crippen molar-refractivity contribution in [1.29, 1.82) is 0 Å². The summed E-state index contributed by atoms with van der Waals surface area (Å²) in [5.41, 5.74) is 0.452. The van der Waals surface area contributed by atoms with Crippen LogP contribution in [0.4, 0.5) is 0 Å². The highest BCUT2D eigenvalue weighted by Gasteiger charge is 2.25. The Morgan fingerprint density at radius 1 is 1.44 bits per heavy atom. The zero-order valence-electron chi connectivity index (χ0n) is 11.1. The third-order valence-corrected chi connectivity index (χ3v) is 4.97. The van der Waals surface area contributed by atoms with E-state index >= 15 is 0 Å². The van der Waals surface area contributed by atoms with E-state index in [1.807, 2.05) is 6.92 Å². The summed E-state index contributed by atoms with van der Waals surface area (Å²) in [4.78, 5) is 11.2. The molecule has 0 rings (SSSR count). The zero-order chi connectivity index (χ0) is 12.8. The highest BCUT2D eigenvalue weighted by molar-refractivity contribution is 6.71. The van der Waals surface area contributed by atoms with Crippen LogP contribution in [0.15, 0.2) is 12.2 Å². The van der Waals surface area contributed by atoms with Gasteiger partial charge in [0.1, 0.15) is 0 Å². The summed E-state index contributed by atoms with van der Waals surface area (Å²) in [6.07, 6.45) is 0. The maximum atomic E-state index is 11.2. The minimum absolute atomic E-state index is 0.303. The monoisotopic (exact) mass is 244 g/mol. The molecule has 94 valence electrons. The van der Waals surface area contributed by atoms with Crippen molar-refractivity contribution in [3.05, 3.63) is 12.2 Å². The SMILES string of the molecule is C=C(C)C(=O)OCC(C)C[Si](C)(C)OCC. The Hall–Kier alpha value is -0.613. The number of esters is 1. The van der Waals surface area contributed by atoms with E-state index < -0.39 is 8.32 Å². The van der Waals surface area contributed by atoms with Gasteiger partial charge in [-0.1, -0.05) is 13.5 Å². The first-order chi connectivity index (χ1) is 7.28. The second-order valence-electron chi connectivity index (χ2n) is 4.88. The van der Waals surface area contributed by atoms with Crippen molar-refractivity contribution in [2.45, 2.75) is 39.9 Å². The Morgan fingerprint density at radius 3 is 2.44 bits per heavy atom. The van der Waals surface area contributed by atoms with Crippen molar-refractivity contribution in [3.8, 4) is 0 Å². The second-order valence-corrected chi connectivity index (χ2v) is 9.10. The summed E-state index contributed by atoms with van der Waals surface area (Å²) in [7, 11) is -1.58. The van der Waals surface area contributed by atoms with Crippen molar-refractivity contribution in [2.24, 2.45) is 5.92 Å². The van der Waals surface area contributed by atoms with E-state index in [0.29, 0.717) is 18.1 Å². The first-order valence-electron chi connectivity index (χ1n) is 5.75. The molecule has 0 amide bonds. The molecule has 0 N–H and O–H groups in total. The zero-order valence-corrected chi connectivity index (χ0v) is 12.1. The van der Waals surface area contributed by atoms with Crippen molar-refractivity contribution < 1.29 is 14.0 Å². The Kier molecular flexibility index (Phi) is 6.60. The maximum absolute atomic E-state index is 11.2. The molecule has 0 saturated heterocycles. The Labute approximate surface area is 100.0 Å². The molecule has 0 spiro atoms. The highest BCUT2D eigenvalue weighted by Crippen LogP contribution is 2.18. The van der Waals surface area contributed by atoms with Crippen molar-refractivity contribution in [2.75, 3.05) is 13.2 Å². The van der Waals surface area contributed by atoms with Gasteiger partial charge in [-0.25, -0.2) is 4.79 Å². The molecule has 0 aliphatic rings. The molecule has 0 bridgehead atoms. The molecule has 0 aromatic rings. The van der Waals surface area contributed by atoms with Crippen LogP contribution in [0.1, 0.15) is 20.8 Å².